The van der Waals surface area contributed by atoms with Crippen molar-refractivity contribution >= 4 is 34.0 Å². The second-order valence-electron chi connectivity index (χ2n) is 3.95. The van der Waals surface area contributed by atoms with Crippen LogP contribution in [0.2, 0.25) is 0 Å². The minimum absolute atomic E-state index is 0.782. The molecular formula is C11H17IN4. The van der Waals surface area contributed by atoms with Crippen LogP contribution in [0.4, 0.5) is 11.4 Å². The van der Waals surface area contributed by atoms with Crippen LogP contribution >= 0.6 is 22.6 Å². The van der Waals surface area contributed by atoms with Gasteiger partial charge in [0.05, 0.1) is 17.6 Å². The highest BCUT2D eigenvalue weighted by molar-refractivity contribution is 14.1. The molecule has 0 aromatic carbocycles. The molecule has 0 amide bonds. The van der Waals surface area contributed by atoms with Gasteiger partial charge in [-0.2, -0.15) is 0 Å². The fourth-order valence-electron chi connectivity index (χ4n) is 2.02. The molecule has 2 rings (SSSR count). The molecule has 0 atom stereocenters. The first kappa shape index (κ1) is 11.9. The summed E-state index contributed by atoms with van der Waals surface area (Å²) in [5.74, 6) is 0. The fourth-order valence-corrected chi connectivity index (χ4v) is 2.70. The molecule has 2 N–H and O–H groups in total. The van der Waals surface area contributed by atoms with Crippen molar-refractivity contribution < 1.29 is 0 Å². The zero-order valence-electron chi connectivity index (χ0n) is 9.27. The molecule has 1 aliphatic rings. The van der Waals surface area contributed by atoms with Crippen LogP contribution in [0.3, 0.4) is 0 Å². The Morgan fingerprint density at radius 3 is 2.69 bits per heavy atom. The van der Waals surface area contributed by atoms with E-state index in [0.717, 1.165) is 37.6 Å². The van der Waals surface area contributed by atoms with Crippen molar-refractivity contribution in [2.45, 2.75) is 0 Å². The minimum Gasteiger partial charge on any atom is -0.396 e. The van der Waals surface area contributed by atoms with Gasteiger partial charge in [-0.25, -0.2) is 0 Å². The molecule has 1 aliphatic heterocycles. The average molecular weight is 332 g/mol. The SMILES string of the molecule is Nc1cnccc1N1CCN(CCI)CC1. The molecule has 0 spiro atoms. The summed E-state index contributed by atoms with van der Waals surface area (Å²) in [6, 6.07) is 2.00. The van der Waals surface area contributed by atoms with Crippen molar-refractivity contribution in [2.75, 3.05) is 47.8 Å². The topological polar surface area (TPSA) is 45.4 Å². The Morgan fingerprint density at radius 2 is 2.06 bits per heavy atom. The van der Waals surface area contributed by atoms with Crippen LogP contribution in [-0.2, 0) is 0 Å². The Labute approximate surface area is 110 Å². The van der Waals surface area contributed by atoms with Gasteiger partial charge in [-0.15, -0.1) is 0 Å². The highest BCUT2D eigenvalue weighted by Crippen LogP contribution is 2.22. The van der Waals surface area contributed by atoms with Gasteiger partial charge in [-0.1, -0.05) is 22.6 Å². The summed E-state index contributed by atoms with van der Waals surface area (Å²) < 4.78 is 1.20. The Bertz CT molecular complexity index is 337. The molecule has 1 aromatic rings. The molecular weight excluding hydrogens is 315 g/mol. The fraction of sp³-hybridized carbons (Fsp3) is 0.545. The van der Waals surface area contributed by atoms with Crippen molar-refractivity contribution in [1.82, 2.24) is 9.88 Å². The lowest BCUT2D eigenvalue weighted by Gasteiger charge is -2.36. The number of rotatable bonds is 3. The Balaban J connectivity index is 1.96. The van der Waals surface area contributed by atoms with Crippen LogP contribution in [-0.4, -0.2) is 47.0 Å². The number of aromatic nitrogens is 1. The molecule has 1 aromatic heterocycles. The van der Waals surface area contributed by atoms with Gasteiger partial charge in [0.15, 0.2) is 0 Å². The molecule has 2 heterocycles. The normalized spacial score (nSPS) is 17.7. The number of hydrogen-bond donors (Lipinski definition) is 1. The first-order chi connectivity index (χ1) is 7.81. The quantitative estimate of drug-likeness (QED) is 0.668. The van der Waals surface area contributed by atoms with Gasteiger partial charge in [0.25, 0.3) is 0 Å². The van der Waals surface area contributed by atoms with E-state index in [9.17, 15) is 0 Å². The number of piperazine rings is 1. The summed E-state index contributed by atoms with van der Waals surface area (Å²) >= 11 is 2.43. The van der Waals surface area contributed by atoms with Crippen molar-refractivity contribution in [2.24, 2.45) is 0 Å². The van der Waals surface area contributed by atoms with Crippen LogP contribution in [0, 0.1) is 0 Å². The summed E-state index contributed by atoms with van der Waals surface area (Å²) in [5.41, 5.74) is 7.84. The predicted octanol–water partition coefficient (Wildman–Crippen LogP) is 1.22. The number of pyridine rings is 1. The van der Waals surface area contributed by atoms with E-state index in [1.807, 2.05) is 12.3 Å². The molecule has 88 valence electrons. The van der Waals surface area contributed by atoms with E-state index in [2.05, 4.69) is 37.4 Å². The van der Waals surface area contributed by atoms with E-state index >= 15 is 0 Å². The van der Waals surface area contributed by atoms with Crippen LogP contribution in [0.1, 0.15) is 0 Å². The van der Waals surface area contributed by atoms with Gasteiger partial charge in [-0.3, -0.25) is 9.88 Å². The summed E-state index contributed by atoms with van der Waals surface area (Å²) in [6.45, 7) is 5.57. The van der Waals surface area contributed by atoms with E-state index in [0.29, 0.717) is 0 Å². The van der Waals surface area contributed by atoms with Crippen LogP contribution in [0.15, 0.2) is 18.5 Å². The monoisotopic (exact) mass is 332 g/mol. The van der Waals surface area contributed by atoms with Crippen molar-refractivity contribution in [3.8, 4) is 0 Å². The maximum absolute atomic E-state index is 5.93. The molecule has 0 aliphatic carbocycles. The highest BCUT2D eigenvalue weighted by atomic mass is 127. The summed E-state index contributed by atoms with van der Waals surface area (Å²) in [5, 5.41) is 0. The Hall–Kier alpha value is -0.560. The van der Waals surface area contributed by atoms with Gasteiger partial charge in [0, 0.05) is 43.3 Å². The maximum atomic E-state index is 5.93. The third-order valence-electron chi connectivity index (χ3n) is 2.94. The third-order valence-corrected chi connectivity index (χ3v) is 3.42. The van der Waals surface area contributed by atoms with Crippen molar-refractivity contribution in [3.63, 3.8) is 0 Å². The van der Waals surface area contributed by atoms with Crippen molar-refractivity contribution in [3.05, 3.63) is 18.5 Å². The third kappa shape index (κ3) is 2.76. The van der Waals surface area contributed by atoms with E-state index in [4.69, 9.17) is 5.73 Å². The summed E-state index contributed by atoms with van der Waals surface area (Å²) in [7, 11) is 0. The standard InChI is InChI=1S/C11H17IN4/c12-2-4-15-5-7-16(8-6-15)11-1-3-14-9-10(11)13/h1,3,9H,2,4-8,13H2. The lowest BCUT2D eigenvalue weighted by Crippen LogP contribution is -2.47. The molecule has 1 fully saturated rings. The van der Waals surface area contributed by atoms with Crippen LogP contribution in [0.25, 0.3) is 0 Å². The number of halogens is 1. The lowest BCUT2D eigenvalue weighted by molar-refractivity contribution is 0.275. The van der Waals surface area contributed by atoms with Crippen LogP contribution < -0.4 is 10.6 Å². The summed E-state index contributed by atoms with van der Waals surface area (Å²) in [6.07, 6.45) is 3.54. The molecule has 1 saturated heterocycles. The largest absolute Gasteiger partial charge is 0.396 e. The number of anilines is 2. The molecule has 0 bridgehead atoms. The number of hydrogen-bond acceptors (Lipinski definition) is 4. The van der Waals surface area contributed by atoms with Crippen LogP contribution in [0.5, 0.6) is 0 Å². The van der Waals surface area contributed by atoms with Gasteiger partial charge in [0.1, 0.15) is 0 Å². The smallest absolute Gasteiger partial charge is 0.0738 e. The van der Waals surface area contributed by atoms with Gasteiger partial charge in [-0.05, 0) is 6.07 Å². The first-order valence-corrected chi connectivity index (χ1v) is 7.06. The average Bonchev–Trinajstić information content (AvgIpc) is 2.31. The highest BCUT2D eigenvalue weighted by Gasteiger charge is 2.17. The summed E-state index contributed by atoms with van der Waals surface area (Å²) in [4.78, 5) is 8.87. The zero-order valence-corrected chi connectivity index (χ0v) is 11.4. The maximum Gasteiger partial charge on any atom is 0.0738 e. The van der Waals surface area contributed by atoms with Crippen molar-refractivity contribution in [1.29, 1.82) is 0 Å². The molecule has 0 saturated carbocycles. The number of nitrogen functional groups attached to an aromatic ring is 1. The minimum atomic E-state index is 0.782. The first-order valence-electron chi connectivity index (χ1n) is 5.54. The molecule has 5 heteroatoms. The Morgan fingerprint density at radius 1 is 1.31 bits per heavy atom. The van der Waals surface area contributed by atoms with Gasteiger partial charge < -0.3 is 10.6 Å². The molecule has 0 unspecified atom stereocenters. The predicted molar refractivity (Wildman–Crippen MR) is 76.2 cm³/mol. The Kier molecular flexibility index (Phi) is 4.22. The number of nitrogens with zero attached hydrogens (tertiary/aromatic N) is 3. The number of alkyl halides is 1. The van der Waals surface area contributed by atoms with Gasteiger partial charge in [0.2, 0.25) is 0 Å². The van der Waals surface area contributed by atoms with E-state index in [-0.39, 0.29) is 0 Å². The zero-order chi connectivity index (χ0) is 11.4. The van der Waals surface area contributed by atoms with E-state index in [1.165, 1.54) is 11.0 Å². The van der Waals surface area contributed by atoms with E-state index < -0.39 is 0 Å². The molecule has 4 nitrogen and oxygen atoms in total. The van der Waals surface area contributed by atoms with E-state index in [1.54, 1.807) is 6.20 Å². The lowest BCUT2D eigenvalue weighted by atomic mass is 10.2. The second-order valence-corrected chi connectivity index (χ2v) is 5.03. The number of nitrogens with two attached hydrogens (primary N) is 1. The molecule has 0 radical (unpaired) electrons. The second kappa shape index (κ2) is 5.67. The van der Waals surface area contributed by atoms with Gasteiger partial charge >= 0.3 is 0 Å². The molecule has 16 heavy (non-hydrogen) atoms.